The number of nitrogens with zero attached hydrogens (tertiary/aromatic N) is 2. The second kappa shape index (κ2) is 15.0. The van der Waals surface area contributed by atoms with Crippen LogP contribution in [0.2, 0.25) is 0 Å². The van der Waals surface area contributed by atoms with E-state index in [0.29, 0.717) is 18.8 Å². The van der Waals surface area contributed by atoms with Gasteiger partial charge in [0.1, 0.15) is 6.04 Å². The van der Waals surface area contributed by atoms with Crippen LogP contribution >= 0.6 is 12.6 Å². The van der Waals surface area contributed by atoms with Gasteiger partial charge >= 0.3 is 0 Å². The first-order chi connectivity index (χ1) is 14.6. The molecule has 0 aromatic rings. The van der Waals surface area contributed by atoms with Crippen molar-refractivity contribution in [3.8, 4) is 0 Å². The predicted octanol–water partition coefficient (Wildman–Crippen LogP) is -0.476. The molecule has 2 fully saturated rings. The minimum Gasteiger partial charge on any atom is -0.353 e. The van der Waals surface area contributed by atoms with E-state index in [9.17, 15) is 9.59 Å². The van der Waals surface area contributed by atoms with E-state index < -0.39 is 0 Å². The van der Waals surface area contributed by atoms with Crippen LogP contribution in [0.4, 0.5) is 0 Å². The topological polar surface area (TPSA) is 88.7 Å². The van der Waals surface area contributed by atoms with Gasteiger partial charge in [-0.05, 0) is 51.9 Å². The van der Waals surface area contributed by atoms with Crippen molar-refractivity contribution in [2.24, 2.45) is 5.92 Å². The van der Waals surface area contributed by atoms with Crippen LogP contribution in [-0.2, 0) is 9.59 Å². The molecule has 2 aliphatic rings. The summed E-state index contributed by atoms with van der Waals surface area (Å²) in [5.41, 5.74) is 0. The maximum Gasteiger partial charge on any atom is 0.242 e. The number of amides is 2. The van der Waals surface area contributed by atoms with Crippen LogP contribution in [0.5, 0.6) is 0 Å². The van der Waals surface area contributed by atoms with Crippen LogP contribution in [0, 0.1) is 5.92 Å². The molecule has 174 valence electrons. The standard InChI is InChI=1S/C21H42N6O2S/c1-18(17-30)21(29)27-14-2-5-19(27)20(28)25-12-16-26-13-4-8-23-10-9-22-6-3-7-24-11-15-26/h18-19,22-24,30H,2-17H2,1H3,(H,25,28). The molecule has 0 bridgehead atoms. The van der Waals surface area contributed by atoms with Gasteiger partial charge in [0.15, 0.2) is 0 Å². The Hall–Kier alpha value is -0.870. The summed E-state index contributed by atoms with van der Waals surface area (Å²) in [5, 5.41) is 13.5. The summed E-state index contributed by atoms with van der Waals surface area (Å²) in [4.78, 5) is 29.4. The Morgan fingerprint density at radius 3 is 2.40 bits per heavy atom. The van der Waals surface area contributed by atoms with Crippen LogP contribution in [-0.4, -0.2) is 105 Å². The fraction of sp³-hybridized carbons (Fsp3) is 0.905. The van der Waals surface area contributed by atoms with Crippen LogP contribution in [0.25, 0.3) is 0 Å². The van der Waals surface area contributed by atoms with Gasteiger partial charge in [-0.3, -0.25) is 9.59 Å². The lowest BCUT2D eigenvalue weighted by Crippen LogP contribution is -2.49. The molecule has 4 N–H and O–H groups in total. The summed E-state index contributed by atoms with van der Waals surface area (Å²) in [5.74, 6) is 0.403. The molecule has 2 heterocycles. The van der Waals surface area contributed by atoms with E-state index in [0.717, 1.165) is 84.6 Å². The first-order valence-corrected chi connectivity index (χ1v) is 12.3. The van der Waals surface area contributed by atoms with E-state index in [1.807, 2.05) is 6.92 Å². The van der Waals surface area contributed by atoms with E-state index in [-0.39, 0.29) is 23.8 Å². The highest BCUT2D eigenvalue weighted by atomic mass is 32.1. The summed E-state index contributed by atoms with van der Waals surface area (Å²) in [7, 11) is 0. The number of likely N-dealkylation sites (tertiary alicyclic amines) is 1. The van der Waals surface area contributed by atoms with Gasteiger partial charge in [-0.15, -0.1) is 0 Å². The van der Waals surface area contributed by atoms with Gasteiger partial charge in [-0.2, -0.15) is 12.6 Å². The van der Waals surface area contributed by atoms with Gasteiger partial charge in [0.25, 0.3) is 0 Å². The van der Waals surface area contributed by atoms with Gasteiger partial charge < -0.3 is 31.1 Å². The van der Waals surface area contributed by atoms with Crippen molar-refractivity contribution in [3.63, 3.8) is 0 Å². The monoisotopic (exact) mass is 442 g/mol. The zero-order valence-corrected chi connectivity index (χ0v) is 19.5. The van der Waals surface area contributed by atoms with Gasteiger partial charge in [0.05, 0.1) is 0 Å². The average Bonchev–Trinajstić information content (AvgIpc) is 3.25. The Balaban J connectivity index is 1.74. The molecule has 2 saturated heterocycles. The Morgan fingerprint density at radius 2 is 1.67 bits per heavy atom. The molecule has 0 saturated carbocycles. The highest BCUT2D eigenvalue weighted by Crippen LogP contribution is 2.20. The molecule has 0 aromatic carbocycles. The second-order valence-electron chi connectivity index (χ2n) is 8.36. The third-order valence-electron chi connectivity index (χ3n) is 5.88. The number of carbonyl (C=O) groups excluding carboxylic acids is 2. The molecule has 2 atom stereocenters. The van der Waals surface area contributed by atoms with Crippen molar-refractivity contribution in [2.75, 3.05) is 77.7 Å². The summed E-state index contributed by atoms with van der Waals surface area (Å²) >= 11 is 4.23. The largest absolute Gasteiger partial charge is 0.353 e. The molecular formula is C21H42N6O2S. The molecule has 0 aromatic heterocycles. The minimum atomic E-state index is -0.321. The maximum atomic E-state index is 12.7. The first kappa shape index (κ1) is 25.4. The van der Waals surface area contributed by atoms with Gasteiger partial charge in [0.2, 0.25) is 11.8 Å². The SMILES string of the molecule is CC(CS)C(=O)N1CCCC1C(=O)NCCN1CCCNCCNCCCNCC1. The molecule has 0 aliphatic carbocycles. The van der Waals surface area contributed by atoms with Crippen molar-refractivity contribution < 1.29 is 9.59 Å². The zero-order chi connectivity index (χ0) is 21.6. The molecule has 2 amide bonds. The molecule has 30 heavy (non-hydrogen) atoms. The fourth-order valence-corrected chi connectivity index (χ4v) is 4.17. The molecule has 2 aliphatic heterocycles. The fourth-order valence-electron chi connectivity index (χ4n) is 4.01. The molecular weight excluding hydrogens is 400 g/mol. The molecule has 0 radical (unpaired) electrons. The number of thiol groups is 1. The number of nitrogens with one attached hydrogen (secondary N) is 4. The van der Waals surface area contributed by atoms with Crippen LogP contribution < -0.4 is 21.3 Å². The van der Waals surface area contributed by atoms with Crippen molar-refractivity contribution in [1.29, 1.82) is 0 Å². The van der Waals surface area contributed by atoms with Crippen molar-refractivity contribution in [3.05, 3.63) is 0 Å². The Kier molecular flexibility index (Phi) is 12.7. The quantitative estimate of drug-likeness (QED) is 0.357. The van der Waals surface area contributed by atoms with E-state index in [1.54, 1.807) is 4.90 Å². The highest BCUT2D eigenvalue weighted by molar-refractivity contribution is 7.80. The lowest BCUT2D eigenvalue weighted by atomic mass is 10.1. The summed E-state index contributed by atoms with van der Waals surface area (Å²) in [6, 6.07) is -0.321. The predicted molar refractivity (Wildman–Crippen MR) is 125 cm³/mol. The van der Waals surface area contributed by atoms with Gasteiger partial charge in [-0.1, -0.05) is 6.92 Å². The Labute approximate surface area is 187 Å². The summed E-state index contributed by atoms with van der Waals surface area (Å²) in [6.45, 7) is 12.1. The van der Waals surface area contributed by atoms with Crippen molar-refractivity contribution in [1.82, 2.24) is 31.1 Å². The van der Waals surface area contributed by atoms with Crippen LogP contribution in [0.15, 0.2) is 0 Å². The lowest BCUT2D eigenvalue weighted by molar-refractivity contribution is -0.140. The lowest BCUT2D eigenvalue weighted by Gasteiger charge is -2.27. The first-order valence-electron chi connectivity index (χ1n) is 11.7. The highest BCUT2D eigenvalue weighted by Gasteiger charge is 2.35. The molecule has 2 unspecified atom stereocenters. The number of hydrogen-bond donors (Lipinski definition) is 5. The minimum absolute atomic E-state index is 0.0124. The molecule has 9 heteroatoms. The Bertz CT molecular complexity index is 496. The normalized spacial score (nSPS) is 24.2. The van der Waals surface area contributed by atoms with E-state index in [2.05, 4.69) is 38.8 Å². The second-order valence-corrected chi connectivity index (χ2v) is 8.73. The van der Waals surface area contributed by atoms with E-state index in [1.165, 1.54) is 0 Å². The van der Waals surface area contributed by atoms with Gasteiger partial charge in [0, 0.05) is 57.5 Å². The maximum absolute atomic E-state index is 12.7. The van der Waals surface area contributed by atoms with E-state index in [4.69, 9.17) is 0 Å². The summed E-state index contributed by atoms with van der Waals surface area (Å²) in [6.07, 6.45) is 3.88. The van der Waals surface area contributed by atoms with Crippen molar-refractivity contribution in [2.45, 2.75) is 38.6 Å². The van der Waals surface area contributed by atoms with Crippen LogP contribution in [0.3, 0.4) is 0 Å². The molecule has 0 spiro atoms. The molecule has 8 nitrogen and oxygen atoms in total. The number of carbonyl (C=O) groups is 2. The zero-order valence-electron chi connectivity index (χ0n) is 18.6. The van der Waals surface area contributed by atoms with Crippen molar-refractivity contribution >= 4 is 24.4 Å². The Morgan fingerprint density at radius 1 is 0.967 bits per heavy atom. The van der Waals surface area contributed by atoms with Gasteiger partial charge in [-0.25, -0.2) is 0 Å². The van der Waals surface area contributed by atoms with Crippen LogP contribution in [0.1, 0.15) is 32.6 Å². The van der Waals surface area contributed by atoms with E-state index >= 15 is 0 Å². The third-order valence-corrected chi connectivity index (χ3v) is 6.43. The number of hydrogen-bond acceptors (Lipinski definition) is 7. The number of rotatable bonds is 6. The summed E-state index contributed by atoms with van der Waals surface area (Å²) < 4.78 is 0. The third kappa shape index (κ3) is 9.09. The molecule has 2 rings (SSSR count). The average molecular weight is 443 g/mol. The smallest absolute Gasteiger partial charge is 0.242 e.